The van der Waals surface area contributed by atoms with Crippen LogP contribution in [0.15, 0.2) is 54.6 Å². The van der Waals surface area contributed by atoms with Crippen molar-refractivity contribution in [3.05, 3.63) is 60.2 Å². The molecule has 1 atom stereocenters. The number of hydrogen-bond acceptors (Lipinski definition) is 6. The van der Waals surface area contributed by atoms with Crippen molar-refractivity contribution >= 4 is 17.6 Å². The number of methoxy groups -OCH3 is 2. The molecule has 1 saturated heterocycles. The van der Waals surface area contributed by atoms with Gasteiger partial charge in [0.15, 0.2) is 0 Å². The van der Waals surface area contributed by atoms with Gasteiger partial charge in [0.2, 0.25) is 5.91 Å². The van der Waals surface area contributed by atoms with Crippen LogP contribution in [0.4, 0.5) is 5.69 Å². The SMILES string of the molecule is COC(=O)[C@H](Cc1ccccc1)NC(=O)CN1CCN(c2ccc(OC)cc2)CC1. The predicted octanol–water partition coefficient (Wildman–Crippen LogP) is 1.72. The molecule has 3 rings (SSSR count). The van der Waals surface area contributed by atoms with E-state index in [1.54, 1.807) is 7.11 Å². The van der Waals surface area contributed by atoms with E-state index in [2.05, 4.69) is 15.1 Å². The lowest BCUT2D eigenvalue weighted by Gasteiger charge is -2.36. The van der Waals surface area contributed by atoms with Gasteiger partial charge in [-0.15, -0.1) is 0 Å². The van der Waals surface area contributed by atoms with Gasteiger partial charge in [-0.1, -0.05) is 30.3 Å². The molecule has 0 saturated carbocycles. The van der Waals surface area contributed by atoms with Crippen LogP contribution in [0.3, 0.4) is 0 Å². The summed E-state index contributed by atoms with van der Waals surface area (Å²) in [7, 11) is 2.99. The summed E-state index contributed by atoms with van der Waals surface area (Å²) >= 11 is 0. The quantitative estimate of drug-likeness (QED) is 0.667. The Morgan fingerprint density at radius 3 is 2.23 bits per heavy atom. The van der Waals surface area contributed by atoms with Gasteiger partial charge in [-0.25, -0.2) is 4.79 Å². The average molecular weight is 412 g/mol. The van der Waals surface area contributed by atoms with Gasteiger partial charge in [-0.2, -0.15) is 0 Å². The molecule has 1 amide bonds. The van der Waals surface area contributed by atoms with Crippen LogP contribution in [0.2, 0.25) is 0 Å². The molecule has 0 bridgehead atoms. The number of nitrogens with one attached hydrogen (secondary N) is 1. The predicted molar refractivity (Wildman–Crippen MR) is 116 cm³/mol. The zero-order valence-corrected chi connectivity index (χ0v) is 17.5. The van der Waals surface area contributed by atoms with Crippen LogP contribution in [-0.2, 0) is 20.7 Å². The summed E-state index contributed by atoms with van der Waals surface area (Å²) in [6.07, 6.45) is 0.407. The molecule has 0 radical (unpaired) electrons. The lowest BCUT2D eigenvalue weighted by molar-refractivity contribution is -0.145. The molecule has 1 aliphatic rings. The van der Waals surface area contributed by atoms with E-state index in [9.17, 15) is 9.59 Å². The van der Waals surface area contributed by atoms with E-state index >= 15 is 0 Å². The first-order valence-corrected chi connectivity index (χ1v) is 10.1. The van der Waals surface area contributed by atoms with Crippen LogP contribution < -0.4 is 15.0 Å². The number of rotatable bonds is 8. The molecule has 160 valence electrons. The number of nitrogens with zero attached hydrogens (tertiary/aromatic N) is 2. The third kappa shape index (κ3) is 5.97. The Hall–Kier alpha value is -3.06. The summed E-state index contributed by atoms with van der Waals surface area (Å²) in [6.45, 7) is 3.49. The number of piperazine rings is 1. The highest BCUT2D eigenvalue weighted by atomic mass is 16.5. The molecule has 30 heavy (non-hydrogen) atoms. The van der Waals surface area contributed by atoms with Crippen LogP contribution in [0.25, 0.3) is 0 Å². The van der Waals surface area contributed by atoms with Crippen LogP contribution >= 0.6 is 0 Å². The minimum atomic E-state index is -0.689. The van der Waals surface area contributed by atoms with Crippen molar-refractivity contribution in [2.75, 3.05) is 51.8 Å². The van der Waals surface area contributed by atoms with Crippen molar-refractivity contribution in [1.29, 1.82) is 0 Å². The topological polar surface area (TPSA) is 71.1 Å². The highest BCUT2D eigenvalue weighted by Gasteiger charge is 2.24. The standard InChI is InChI=1S/C23H29N3O4/c1-29-20-10-8-19(9-11-20)26-14-12-25(13-15-26)17-22(27)24-21(23(28)30-2)16-18-6-4-3-5-7-18/h3-11,21H,12-17H2,1-2H3,(H,24,27)/t21-/m0/s1. The molecule has 1 heterocycles. The highest BCUT2D eigenvalue weighted by molar-refractivity contribution is 5.85. The van der Waals surface area contributed by atoms with Crippen molar-refractivity contribution in [3.8, 4) is 5.75 Å². The minimum Gasteiger partial charge on any atom is -0.497 e. The van der Waals surface area contributed by atoms with Gasteiger partial charge in [0.05, 0.1) is 20.8 Å². The third-order valence-electron chi connectivity index (χ3n) is 5.28. The number of carbonyl (C=O) groups excluding carboxylic acids is 2. The first kappa shape index (κ1) is 21.6. The van der Waals surface area contributed by atoms with Gasteiger partial charge >= 0.3 is 5.97 Å². The first-order chi connectivity index (χ1) is 14.6. The summed E-state index contributed by atoms with van der Waals surface area (Å²) in [5.74, 6) is 0.237. The van der Waals surface area contributed by atoms with E-state index in [0.717, 1.165) is 43.2 Å². The fourth-order valence-electron chi connectivity index (χ4n) is 3.59. The second-order valence-corrected chi connectivity index (χ2v) is 7.29. The van der Waals surface area contributed by atoms with E-state index in [1.165, 1.54) is 7.11 Å². The Balaban J connectivity index is 1.49. The third-order valence-corrected chi connectivity index (χ3v) is 5.28. The van der Waals surface area contributed by atoms with E-state index in [4.69, 9.17) is 9.47 Å². The van der Waals surface area contributed by atoms with Crippen LogP contribution in [0.1, 0.15) is 5.56 Å². The van der Waals surface area contributed by atoms with E-state index in [0.29, 0.717) is 6.42 Å². The molecular weight excluding hydrogens is 382 g/mol. The largest absolute Gasteiger partial charge is 0.497 e. The number of hydrogen-bond donors (Lipinski definition) is 1. The second kappa shape index (κ2) is 10.6. The average Bonchev–Trinajstić information content (AvgIpc) is 2.79. The molecule has 2 aromatic rings. The molecule has 1 N–H and O–H groups in total. The Labute approximate surface area is 177 Å². The number of ether oxygens (including phenoxy) is 2. The number of carbonyl (C=O) groups is 2. The molecule has 2 aromatic carbocycles. The monoisotopic (exact) mass is 411 g/mol. The van der Waals surface area contributed by atoms with E-state index in [-0.39, 0.29) is 12.5 Å². The molecule has 7 nitrogen and oxygen atoms in total. The molecule has 1 aliphatic heterocycles. The van der Waals surface area contributed by atoms with Crippen molar-refractivity contribution < 1.29 is 19.1 Å². The number of anilines is 1. The van der Waals surface area contributed by atoms with Crippen molar-refractivity contribution in [3.63, 3.8) is 0 Å². The second-order valence-electron chi connectivity index (χ2n) is 7.29. The maximum atomic E-state index is 12.6. The summed E-state index contributed by atoms with van der Waals surface area (Å²) in [5.41, 5.74) is 2.12. The number of amides is 1. The minimum absolute atomic E-state index is 0.167. The lowest BCUT2D eigenvalue weighted by atomic mass is 10.1. The Morgan fingerprint density at radius 1 is 0.967 bits per heavy atom. The van der Waals surface area contributed by atoms with Crippen molar-refractivity contribution in [1.82, 2.24) is 10.2 Å². The van der Waals surface area contributed by atoms with E-state index in [1.807, 2.05) is 54.6 Å². The Kier molecular flexibility index (Phi) is 7.68. The molecule has 0 aromatic heterocycles. The van der Waals surface area contributed by atoms with E-state index < -0.39 is 12.0 Å². The number of benzene rings is 2. The zero-order chi connectivity index (χ0) is 21.3. The Morgan fingerprint density at radius 2 is 1.63 bits per heavy atom. The summed E-state index contributed by atoms with van der Waals surface area (Å²) in [4.78, 5) is 29.1. The van der Waals surface area contributed by atoms with Crippen molar-refractivity contribution in [2.45, 2.75) is 12.5 Å². The molecule has 7 heteroatoms. The summed E-state index contributed by atoms with van der Waals surface area (Å²) < 4.78 is 10.1. The molecule has 1 fully saturated rings. The maximum absolute atomic E-state index is 12.6. The smallest absolute Gasteiger partial charge is 0.328 e. The van der Waals surface area contributed by atoms with Crippen LogP contribution in [-0.4, -0.2) is 69.8 Å². The maximum Gasteiger partial charge on any atom is 0.328 e. The first-order valence-electron chi connectivity index (χ1n) is 10.1. The van der Waals surface area contributed by atoms with Gasteiger partial charge in [-0.05, 0) is 29.8 Å². The summed E-state index contributed by atoms with van der Waals surface area (Å²) in [6, 6.07) is 16.9. The lowest BCUT2D eigenvalue weighted by Crippen LogP contribution is -2.52. The zero-order valence-electron chi connectivity index (χ0n) is 17.5. The fourth-order valence-corrected chi connectivity index (χ4v) is 3.59. The van der Waals surface area contributed by atoms with Gasteiger partial charge in [0.1, 0.15) is 11.8 Å². The normalized spacial score (nSPS) is 15.3. The molecular formula is C23H29N3O4. The highest BCUT2D eigenvalue weighted by Crippen LogP contribution is 2.20. The van der Waals surface area contributed by atoms with Crippen molar-refractivity contribution in [2.24, 2.45) is 0 Å². The van der Waals surface area contributed by atoms with Gasteiger partial charge in [-0.3, -0.25) is 9.69 Å². The number of esters is 1. The molecule has 0 aliphatic carbocycles. The fraction of sp³-hybridized carbons (Fsp3) is 0.391. The molecule has 0 spiro atoms. The van der Waals surface area contributed by atoms with Gasteiger partial charge in [0, 0.05) is 38.3 Å². The van der Waals surface area contributed by atoms with Gasteiger partial charge < -0.3 is 19.7 Å². The summed E-state index contributed by atoms with van der Waals surface area (Å²) in [5, 5.41) is 2.84. The van der Waals surface area contributed by atoms with Gasteiger partial charge in [0.25, 0.3) is 0 Å². The molecule has 0 unspecified atom stereocenters. The van der Waals surface area contributed by atoms with Crippen LogP contribution in [0.5, 0.6) is 5.75 Å². The van der Waals surface area contributed by atoms with Crippen LogP contribution in [0, 0.1) is 0 Å². The Bertz CT molecular complexity index is 818.